The van der Waals surface area contributed by atoms with E-state index in [1.54, 1.807) is 19.1 Å². The van der Waals surface area contributed by atoms with Crippen LogP contribution in [0.1, 0.15) is 6.92 Å². The van der Waals surface area contributed by atoms with Crippen LogP contribution in [-0.2, 0) is 10.0 Å². The summed E-state index contributed by atoms with van der Waals surface area (Å²) in [6.45, 7) is 1.42. The Bertz CT molecular complexity index is 455. The zero-order valence-corrected chi connectivity index (χ0v) is 10.9. The van der Waals surface area contributed by atoms with Crippen LogP contribution in [0.4, 0.5) is 0 Å². The first-order valence-electron chi connectivity index (χ1n) is 5.16. The topological polar surface area (TPSA) is 66.8 Å². The number of aliphatic hydroxyl groups is 1. The second kappa shape index (κ2) is 5.48. The first-order valence-corrected chi connectivity index (χ1v) is 6.60. The van der Waals surface area contributed by atoms with Crippen molar-refractivity contribution in [2.75, 3.05) is 20.8 Å². The maximum absolute atomic E-state index is 12.1. The average molecular weight is 259 g/mol. The summed E-state index contributed by atoms with van der Waals surface area (Å²) in [7, 11) is -0.595. The quantitative estimate of drug-likeness (QED) is 0.845. The molecule has 0 heterocycles. The summed E-state index contributed by atoms with van der Waals surface area (Å²) in [5.41, 5.74) is 0. The molecule has 0 amide bonds. The van der Waals surface area contributed by atoms with Crippen LogP contribution >= 0.6 is 0 Å². The molecule has 0 spiro atoms. The van der Waals surface area contributed by atoms with Crippen LogP contribution in [0.3, 0.4) is 0 Å². The van der Waals surface area contributed by atoms with Crippen molar-refractivity contribution in [2.45, 2.75) is 17.9 Å². The fraction of sp³-hybridized carbons (Fsp3) is 0.455. The first-order chi connectivity index (χ1) is 7.93. The fourth-order valence-corrected chi connectivity index (χ4v) is 2.62. The third-order valence-electron chi connectivity index (χ3n) is 2.62. The second-order valence-electron chi connectivity index (χ2n) is 3.73. The third kappa shape index (κ3) is 2.96. The first kappa shape index (κ1) is 14.0. The second-order valence-corrected chi connectivity index (χ2v) is 5.73. The van der Waals surface area contributed by atoms with E-state index in [4.69, 9.17) is 9.84 Å². The number of likely N-dealkylation sites (N-methyl/N-ethyl adjacent to an activating group) is 1. The van der Waals surface area contributed by atoms with Crippen molar-refractivity contribution >= 4 is 10.0 Å². The predicted molar refractivity (Wildman–Crippen MR) is 64.5 cm³/mol. The van der Waals surface area contributed by atoms with Gasteiger partial charge in [-0.3, -0.25) is 0 Å². The van der Waals surface area contributed by atoms with Crippen LogP contribution in [0.15, 0.2) is 29.2 Å². The molecule has 0 saturated heterocycles. The van der Waals surface area contributed by atoms with Gasteiger partial charge in [-0.15, -0.1) is 0 Å². The molecule has 0 fully saturated rings. The summed E-state index contributed by atoms with van der Waals surface area (Å²) in [4.78, 5) is 0.182. The minimum absolute atomic E-state index is 0.182. The highest BCUT2D eigenvalue weighted by molar-refractivity contribution is 7.89. The van der Waals surface area contributed by atoms with E-state index in [-0.39, 0.29) is 11.5 Å². The number of ether oxygens (including phenoxy) is 1. The summed E-state index contributed by atoms with van der Waals surface area (Å²) in [6, 6.07) is 5.68. The molecule has 96 valence electrons. The van der Waals surface area contributed by atoms with Gasteiger partial charge < -0.3 is 9.84 Å². The molecule has 0 aliphatic rings. The Kier molecular flexibility index (Phi) is 4.50. The van der Waals surface area contributed by atoms with E-state index < -0.39 is 16.1 Å². The molecule has 1 aromatic rings. The number of sulfonamides is 1. The number of hydrogen-bond donors (Lipinski definition) is 1. The summed E-state index contributed by atoms with van der Waals surface area (Å²) < 4.78 is 30.3. The van der Waals surface area contributed by atoms with Crippen LogP contribution in [0, 0.1) is 0 Å². The minimum atomic E-state index is -3.56. The number of aliphatic hydroxyl groups excluding tert-OH is 1. The van der Waals surface area contributed by atoms with Crippen LogP contribution in [0.5, 0.6) is 5.75 Å². The maximum atomic E-state index is 12.1. The van der Waals surface area contributed by atoms with E-state index in [0.717, 1.165) is 4.31 Å². The number of methoxy groups -OCH3 is 1. The van der Waals surface area contributed by atoms with E-state index in [1.165, 1.54) is 26.3 Å². The molecule has 17 heavy (non-hydrogen) atoms. The van der Waals surface area contributed by atoms with Gasteiger partial charge in [0.25, 0.3) is 0 Å². The highest BCUT2D eigenvalue weighted by atomic mass is 32.2. The van der Waals surface area contributed by atoms with Crippen molar-refractivity contribution < 1.29 is 18.3 Å². The SMILES string of the molecule is COc1ccc(S(=O)(=O)N(C)[C@H](C)CO)cc1. The molecule has 1 rings (SSSR count). The van der Waals surface area contributed by atoms with Gasteiger partial charge in [-0.25, -0.2) is 8.42 Å². The van der Waals surface area contributed by atoms with Gasteiger partial charge in [0.15, 0.2) is 0 Å². The zero-order chi connectivity index (χ0) is 13.1. The smallest absolute Gasteiger partial charge is 0.243 e. The lowest BCUT2D eigenvalue weighted by atomic mass is 10.3. The number of rotatable bonds is 5. The average Bonchev–Trinajstić information content (AvgIpc) is 2.36. The molecule has 0 saturated carbocycles. The van der Waals surface area contributed by atoms with E-state index in [0.29, 0.717) is 5.75 Å². The van der Waals surface area contributed by atoms with E-state index in [2.05, 4.69) is 0 Å². The highest BCUT2D eigenvalue weighted by Crippen LogP contribution is 2.19. The standard InChI is InChI=1S/C11H17NO4S/c1-9(8-13)12(2)17(14,15)11-6-4-10(16-3)5-7-11/h4-7,9,13H,8H2,1-3H3/t9-/m1/s1. The van der Waals surface area contributed by atoms with Crippen molar-refractivity contribution in [1.82, 2.24) is 4.31 Å². The molecular formula is C11H17NO4S. The van der Waals surface area contributed by atoms with Crippen molar-refractivity contribution in [2.24, 2.45) is 0 Å². The highest BCUT2D eigenvalue weighted by Gasteiger charge is 2.24. The molecule has 1 aromatic carbocycles. The molecule has 0 aliphatic carbocycles. The summed E-state index contributed by atoms with van der Waals surface area (Å²) in [5.74, 6) is 0.599. The van der Waals surface area contributed by atoms with Gasteiger partial charge in [-0.1, -0.05) is 0 Å². The van der Waals surface area contributed by atoms with Gasteiger partial charge in [0, 0.05) is 13.1 Å². The molecule has 1 N–H and O–H groups in total. The third-order valence-corrected chi connectivity index (χ3v) is 4.61. The normalized spacial score (nSPS) is 13.7. The molecule has 0 bridgehead atoms. The van der Waals surface area contributed by atoms with Gasteiger partial charge in [0.2, 0.25) is 10.0 Å². The number of hydrogen-bond acceptors (Lipinski definition) is 4. The number of benzene rings is 1. The predicted octanol–water partition coefficient (Wildman–Crippen LogP) is 0.696. The van der Waals surface area contributed by atoms with Crippen LogP contribution in [0.25, 0.3) is 0 Å². The van der Waals surface area contributed by atoms with Crippen LogP contribution in [-0.4, -0.2) is 44.6 Å². The van der Waals surface area contributed by atoms with Gasteiger partial charge in [0.1, 0.15) is 5.75 Å². The molecule has 0 aliphatic heterocycles. The maximum Gasteiger partial charge on any atom is 0.243 e. The Morgan fingerprint density at radius 1 is 1.35 bits per heavy atom. The molecule has 6 heteroatoms. The van der Waals surface area contributed by atoms with Crippen molar-refractivity contribution in [1.29, 1.82) is 0 Å². The van der Waals surface area contributed by atoms with Crippen molar-refractivity contribution in [3.63, 3.8) is 0 Å². The van der Waals surface area contributed by atoms with Gasteiger partial charge in [0.05, 0.1) is 18.6 Å². The monoisotopic (exact) mass is 259 g/mol. The Morgan fingerprint density at radius 2 is 1.88 bits per heavy atom. The molecule has 5 nitrogen and oxygen atoms in total. The van der Waals surface area contributed by atoms with Gasteiger partial charge >= 0.3 is 0 Å². The number of nitrogens with zero attached hydrogens (tertiary/aromatic N) is 1. The van der Waals surface area contributed by atoms with E-state index in [1.807, 2.05) is 0 Å². The Balaban J connectivity index is 3.04. The van der Waals surface area contributed by atoms with Crippen molar-refractivity contribution in [3.05, 3.63) is 24.3 Å². The van der Waals surface area contributed by atoms with Gasteiger partial charge in [-0.05, 0) is 31.2 Å². The molecule has 1 atom stereocenters. The Morgan fingerprint density at radius 3 is 2.29 bits per heavy atom. The lowest BCUT2D eigenvalue weighted by Crippen LogP contribution is -2.37. The molecule has 0 aromatic heterocycles. The Labute approximate surface area is 102 Å². The van der Waals surface area contributed by atoms with E-state index >= 15 is 0 Å². The largest absolute Gasteiger partial charge is 0.497 e. The lowest BCUT2D eigenvalue weighted by Gasteiger charge is -2.22. The van der Waals surface area contributed by atoms with Crippen LogP contribution < -0.4 is 4.74 Å². The van der Waals surface area contributed by atoms with E-state index in [9.17, 15) is 8.42 Å². The van der Waals surface area contributed by atoms with Gasteiger partial charge in [-0.2, -0.15) is 4.31 Å². The Hall–Kier alpha value is -1.11. The van der Waals surface area contributed by atoms with Crippen LogP contribution in [0.2, 0.25) is 0 Å². The summed E-state index contributed by atoms with van der Waals surface area (Å²) in [5, 5.41) is 8.97. The minimum Gasteiger partial charge on any atom is -0.497 e. The zero-order valence-electron chi connectivity index (χ0n) is 10.1. The lowest BCUT2D eigenvalue weighted by molar-refractivity contribution is 0.214. The molecule has 0 radical (unpaired) electrons. The summed E-state index contributed by atoms with van der Waals surface area (Å²) in [6.07, 6.45) is 0. The van der Waals surface area contributed by atoms with Crippen molar-refractivity contribution in [3.8, 4) is 5.75 Å². The molecule has 0 unspecified atom stereocenters. The fourth-order valence-electron chi connectivity index (χ4n) is 1.27. The molecular weight excluding hydrogens is 242 g/mol. The summed E-state index contributed by atoms with van der Waals surface area (Å²) >= 11 is 0.